The second kappa shape index (κ2) is 8.58. The van der Waals surface area contributed by atoms with Crippen molar-refractivity contribution >= 4 is 28.9 Å². The van der Waals surface area contributed by atoms with Crippen molar-refractivity contribution in [3.8, 4) is 5.75 Å². The normalized spacial score (nSPS) is 10.1. The van der Waals surface area contributed by atoms with E-state index in [9.17, 15) is 19.7 Å². The zero-order valence-corrected chi connectivity index (χ0v) is 14.1. The summed E-state index contributed by atoms with van der Waals surface area (Å²) in [5.74, 6) is -0.635. The molecule has 2 aromatic carbocycles. The zero-order chi connectivity index (χ0) is 19.1. The Bertz CT molecular complexity index is 820. The molecule has 9 heteroatoms. The third-order valence-corrected chi connectivity index (χ3v) is 3.34. The minimum Gasteiger partial charge on any atom is -0.496 e. The van der Waals surface area contributed by atoms with E-state index in [1.54, 1.807) is 24.3 Å². The van der Waals surface area contributed by atoms with Crippen molar-refractivity contribution in [3.63, 3.8) is 0 Å². The monoisotopic (exact) mass is 359 g/mol. The molecule has 0 aliphatic heterocycles. The van der Waals surface area contributed by atoms with Gasteiger partial charge in [-0.15, -0.1) is 0 Å². The van der Waals surface area contributed by atoms with Crippen molar-refractivity contribution in [1.82, 2.24) is 0 Å². The van der Waals surface area contributed by atoms with Crippen LogP contribution in [0, 0.1) is 10.1 Å². The van der Waals surface area contributed by atoms with Crippen molar-refractivity contribution in [1.29, 1.82) is 0 Å². The molecule has 0 saturated carbocycles. The number of non-ortho nitro benzene ring substituents is 1. The molecule has 0 unspecified atom stereocenters. The molecular formula is C17H17N3O6. The maximum Gasteiger partial charge on any atom is 0.270 e. The summed E-state index contributed by atoms with van der Waals surface area (Å²) in [4.78, 5) is 34.2. The maximum absolute atomic E-state index is 12.4. The van der Waals surface area contributed by atoms with E-state index in [1.807, 2.05) is 0 Å². The summed E-state index contributed by atoms with van der Waals surface area (Å²) in [6.45, 7) is -0.0644. The van der Waals surface area contributed by atoms with Gasteiger partial charge in [-0.25, -0.2) is 0 Å². The largest absolute Gasteiger partial charge is 0.496 e. The summed E-state index contributed by atoms with van der Waals surface area (Å²) in [5, 5.41) is 16.1. The lowest BCUT2D eigenvalue weighted by Crippen LogP contribution is -2.17. The van der Waals surface area contributed by atoms with Crippen molar-refractivity contribution in [2.45, 2.75) is 0 Å². The SMILES string of the molecule is COCC(=O)Nc1ccc(NC(=O)c2cc([N+](=O)[O-])ccc2OC)cc1. The van der Waals surface area contributed by atoms with Gasteiger partial charge in [0.15, 0.2) is 0 Å². The van der Waals surface area contributed by atoms with Gasteiger partial charge in [0.1, 0.15) is 12.4 Å². The Labute approximate surface area is 149 Å². The predicted molar refractivity (Wildman–Crippen MR) is 94.5 cm³/mol. The Kier molecular flexibility index (Phi) is 6.23. The van der Waals surface area contributed by atoms with Crippen LogP contribution in [0.4, 0.5) is 17.1 Å². The molecule has 0 fully saturated rings. The van der Waals surface area contributed by atoms with Gasteiger partial charge < -0.3 is 20.1 Å². The fraction of sp³-hybridized carbons (Fsp3) is 0.176. The number of methoxy groups -OCH3 is 2. The Morgan fingerprint density at radius 2 is 1.65 bits per heavy atom. The molecule has 136 valence electrons. The van der Waals surface area contributed by atoms with Gasteiger partial charge >= 0.3 is 0 Å². The average molecular weight is 359 g/mol. The number of nitrogens with one attached hydrogen (secondary N) is 2. The smallest absolute Gasteiger partial charge is 0.270 e. The molecule has 0 aliphatic carbocycles. The Hall–Kier alpha value is -3.46. The van der Waals surface area contributed by atoms with Crippen LogP contribution in [0.25, 0.3) is 0 Å². The van der Waals surface area contributed by atoms with Crippen LogP contribution in [0.2, 0.25) is 0 Å². The van der Waals surface area contributed by atoms with Gasteiger partial charge in [-0.1, -0.05) is 0 Å². The van der Waals surface area contributed by atoms with Gasteiger partial charge in [-0.05, 0) is 30.3 Å². The second-order valence-electron chi connectivity index (χ2n) is 5.15. The molecule has 0 bridgehead atoms. The number of benzene rings is 2. The van der Waals surface area contributed by atoms with Crippen LogP contribution >= 0.6 is 0 Å². The van der Waals surface area contributed by atoms with E-state index in [1.165, 1.54) is 26.4 Å². The highest BCUT2D eigenvalue weighted by Gasteiger charge is 2.17. The van der Waals surface area contributed by atoms with Gasteiger partial charge in [0.25, 0.3) is 11.6 Å². The van der Waals surface area contributed by atoms with E-state index in [0.717, 1.165) is 6.07 Å². The minimum atomic E-state index is -0.590. The van der Waals surface area contributed by atoms with Crippen molar-refractivity contribution in [2.75, 3.05) is 31.5 Å². The van der Waals surface area contributed by atoms with Crippen LogP contribution in [0.5, 0.6) is 5.75 Å². The summed E-state index contributed by atoms with van der Waals surface area (Å²) in [7, 11) is 2.79. The molecule has 0 saturated heterocycles. The molecule has 0 radical (unpaired) electrons. The number of rotatable bonds is 7. The highest BCUT2D eigenvalue weighted by atomic mass is 16.6. The minimum absolute atomic E-state index is 0.0409. The number of nitro groups is 1. The first-order valence-corrected chi connectivity index (χ1v) is 7.47. The van der Waals surface area contributed by atoms with Crippen LogP contribution < -0.4 is 15.4 Å². The molecule has 2 amide bonds. The number of amides is 2. The molecule has 2 aromatic rings. The van der Waals surface area contributed by atoms with Crippen molar-refractivity contribution in [2.24, 2.45) is 0 Å². The number of nitrogens with zero attached hydrogens (tertiary/aromatic N) is 1. The average Bonchev–Trinajstić information content (AvgIpc) is 2.62. The highest BCUT2D eigenvalue weighted by molar-refractivity contribution is 6.06. The fourth-order valence-electron chi connectivity index (χ4n) is 2.15. The summed E-state index contributed by atoms with van der Waals surface area (Å²) in [6.07, 6.45) is 0. The Balaban J connectivity index is 2.13. The predicted octanol–water partition coefficient (Wildman–Crippen LogP) is 2.44. The van der Waals surface area contributed by atoms with Crippen molar-refractivity contribution in [3.05, 3.63) is 58.1 Å². The van der Waals surface area contributed by atoms with Gasteiger partial charge in [0.05, 0.1) is 17.6 Å². The number of ether oxygens (including phenoxy) is 2. The second-order valence-corrected chi connectivity index (χ2v) is 5.15. The van der Waals surface area contributed by atoms with E-state index in [2.05, 4.69) is 10.6 Å². The van der Waals surface area contributed by atoms with Gasteiger partial charge in [0, 0.05) is 30.6 Å². The van der Waals surface area contributed by atoms with Crippen LogP contribution in [-0.4, -0.2) is 37.6 Å². The van der Waals surface area contributed by atoms with Crippen LogP contribution in [0.3, 0.4) is 0 Å². The first-order valence-electron chi connectivity index (χ1n) is 7.47. The molecule has 0 aromatic heterocycles. The number of nitro benzene ring substituents is 1. The quantitative estimate of drug-likeness (QED) is 0.579. The van der Waals surface area contributed by atoms with Gasteiger partial charge in [-0.3, -0.25) is 19.7 Å². The first-order chi connectivity index (χ1) is 12.4. The third kappa shape index (κ3) is 4.77. The summed E-state index contributed by atoms with van der Waals surface area (Å²) >= 11 is 0. The molecule has 2 N–H and O–H groups in total. The number of hydrogen-bond acceptors (Lipinski definition) is 6. The lowest BCUT2D eigenvalue weighted by atomic mass is 10.1. The van der Waals surface area contributed by atoms with E-state index in [-0.39, 0.29) is 29.5 Å². The van der Waals surface area contributed by atoms with Crippen molar-refractivity contribution < 1.29 is 24.0 Å². The molecule has 26 heavy (non-hydrogen) atoms. The first kappa shape index (κ1) is 18.9. The maximum atomic E-state index is 12.4. The molecule has 0 atom stereocenters. The lowest BCUT2D eigenvalue weighted by Gasteiger charge is -2.10. The molecular weight excluding hydrogens is 342 g/mol. The molecule has 9 nitrogen and oxygen atoms in total. The Morgan fingerprint density at radius 1 is 1.04 bits per heavy atom. The fourth-order valence-corrected chi connectivity index (χ4v) is 2.15. The lowest BCUT2D eigenvalue weighted by molar-refractivity contribution is -0.384. The molecule has 0 spiro atoms. The summed E-state index contributed by atoms with van der Waals surface area (Å²) < 4.78 is 9.80. The summed E-state index contributed by atoms with van der Waals surface area (Å²) in [6, 6.07) is 10.2. The van der Waals surface area contributed by atoms with Gasteiger partial charge in [-0.2, -0.15) is 0 Å². The number of hydrogen-bond donors (Lipinski definition) is 2. The van der Waals surface area contributed by atoms with E-state index < -0.39 is 10.8 Å². The standard InChI is InChI=1S/C17H17N3O6/c1-25-10-16(21)18-11-3-5-12(6-4-11)19-17(22)14-9-13(20(23)24)7-8-15(14)26-2/h3-9H,10H2,1-2H3,(H,18,21)(H,19,22). The Morgan fingerprint density at radius 3 is 2.19 bits per heavy atom. The van der Waals surface area contributed by atoms with E-state index in [4.69, 9.17) is 9.47 Å². The number of carbonyl (C=O) groups excluding carboxylic acids is 2. The zero-order valence-electron chi connectivity index (χ0n) is 14.1. The molecule has 0 aliphatic rings. The van der Waals surface area contributed by atoms with Crippen LogP contribution in [0.1, 0.15) is 10.4 Å². The molecule has 0 heterocycles. The van der Waals surface area contributed by atoms with Crippen LogP contribution in [0.15, 0.2) is 42.5 Å². The molecule has 2 rings (SSSR count). The number of anilines is 2. The highest BCUT2D eigenvalue weighted by Crippen LogP contribution is 2.25. The summed E-state index contributed by atoms with van der Waals surface area (Å²) in [5.41, 5.74) is 0.817. The third-order valence-electron chi connectivity index (χ3n) is 3.34. The van der Waals surface area contributed by atoms with Crippen LogP contribution in [-0.2, 0) is 9.53 Å². The van der Waals surface area contributed by atoms with Gasteiger partial charge in [0.2, 0.25) is 5.91 Å². The van der Waals surface area contributed by atoms with E-state index in [0.29, 0.717) is 11.4 Å². The van der Waals surface area contributed by atoms with E-state index >= 15 is 0 Å². The topological polar surface area (TPSA) is 120 Å². The number of carbonyl (C=O) groups is 2.